The van der Waals surface area contributed by atoms with Gasteiger partial charge in [-0.15, -0.1) is 0 Å². The molecule has 3 heteroatoms. The average molecular weight is 989 g/mol. The van der Waals surface area contributed by atoms with Gasteiger partial charge in [0.1, 0.15) is 0 Å². The topological polar surface area (TPSA) is 6.48 Å². The van der Waals surface area contributed by atoms with Gasteiger partial charge >= 0.3 is 0 Å². The Morgan fingerprint density at radius 2 is 0.545 bits per heavy atom. The third kappa shape index (κ3) is 8.67. The van der Waals surface area contributed by atoms with Crippen LogP contribution in [0.15, 0.2) is 261 Å². The molecule has 2 aliphatic rings. The van der Waals surface area contributed by atoms with Gasteiger partial charge < -0.3 is 9.80 Å². The zero-order valence-corrected chi connectivity index (χ0v) is 44.8. The number of fused-ring (bicyclic) bond motifs is 4. The van der Waals surface area contributed by atoms with E-state index in [2.05, 4.69) is 312 Å². The van der Waals surface area contributed by atoms with E-state index in [1.807, 2.05) is 0 Å². The molecule has 0 spiro atoms. The van der Waals surface area contributed by atoms with Crippen molar-refractivity contribution in [3.63, 3.8) is 0 Å². The quantitative estimate of drug-likeness (QED) is 0.140. The minimum Gasteiger partial charge on any atom is -0.311 e. The summed E-state index contributed by atoms with van der Waals surface area (Å²) in [6.07, 6.45) is 0. The molecule has 11 aromatic carbocycles. The summed E-state index contributed by atoms with van der Waals surface area (Å²) in [5, 5.41) is 0. The summed E-state index contributed by atoms with van der Waals surface area (Å²) in [5.41, 5.74) is 27.5. The second-order valence-electron chi connectivity index (χ2n) is 23.0. The highest BCUT2D eigenvalue weighted by atomic mass is 15.2. The van der Waals surface area contributed by atoms with Crippen molar-refractivity contribution in [2.75, 3.05) is 9.80 Å². The Balaban J connectivity index is 1.17. The minimum absolute atomic E-state index is 0.122. The van der Waals surface area contributed by atoms with Crippen molar-refractivity contribution >= 4 is 57.2 Å². The second kappa shape index (κ2) is 19.0. The van der Waals surface area contributed by atoms with Crippen LogP contribution in [0.1, 0.15) is 52.7 Å². The summed E-state index contributed by atoms with van der Waals surface area (Å²) in [7, 11) is 0. The normalized spacial score (nSPS) is 12.7. The highest BCUT2D eigenvalue weighted by Gasteiger charge is 2.45. The van der Waals surface area contributed by atoms with Crippen molar-refractivity contribution < 1.29 is 0 Å². The molecule has 0 aromatic heterocycles. The van der Waals surface area contributed by atoms with E-state index in [1.54, 1.807) is 0 Å². The summed E-state index contributed by atoms with van der Waals surface area (Å²) in [6, 6.07) is 97.4. The highest BCUT2D eigenvalue weighted by molar-refractivity contribution is 7.00. The lowest BCUT2D eigenvalue weighted by atomic mass is 9.33. The Morgan fingerprint density at radius 3 is 0.831 bits per heavy atom. The van der Waals surface area contributed by atoms with E-state index in [-0.39, 0.29) is 17.5 Å². The van der Waals surface area contributed by atoms with Crippen LogP contribution in [-0.2, 0) is 10.8 Å². The Kier molecular flexibility index (Phi) is 11.8. The van der Waals surface area contributed by atoms with Crippen LogP contribution in [0.25, 0.3) is 66.8 Å². The maximum Gasteiger partial charge on any atom is 0.252 e. The van der Waals surface area contributed by atoms with Gasteiger partial charge in [0.15, 0.2) is 0 Å². The molecule has 13 rings (SSSR count). The summed E-state index contributed by atoms with van der Waals surface area (Å²) in [6.45, 7) is 14.1. The van der Waals surface area contributed by atoms with E-state index in [4.69, 9.17) is 0 Å². The van der Waals surface area contributed by atoms with E-state index in [9.17, 15) is 0 Å². The lowest BCUT2D eigenvalue weighted by Gasteiger charge is -2.45. The fraction of sp³-hybridized carbons (Fsp3) is 0.108. The first kappa shape index (κ1) is 47.8. The summed E-state index contributed by atoms with van der Waals surface area (Å²) in [5.74, 6) is 0. The lowest BCUT2D eigenvalue weighted by Crippen LogP contribution is -2.61. The molecular weight excluding hydrogens is 928 g/mol. The molecule has 0 unspecified atom stereocenters. The van der Waals surface area contributed by atoms with Gasteiger partial charge in [-0.05, 0) is 166 Å². The molecule has 0 aliphatic carbocycles. The molecule has 2 heterocycles. The first-order valence-electron chi connectivity index (χ1n) is 27.2. The Hall–Kier alpha value is -8.92. The fourth-order valence-corrected chi connectivity index (χ4v) is 12.2. The SMILES string of the molecule is CC(C)(C)c1cc2c(cc1-c1ccccc1)B1c3cc(-c4ccccc4)c(C(C)(C)C)cc3N(c3cc(-c4ccccc4)cc(-c4ccccc4)c3)c3cccc(c31)N2c1cc(-c2ccccc2)cc(-c2ccccc2)c1. The molecule has 0 amide bonds. The fourth-order valence-electron chi connectivity index (χ4n) is 12.2. The first-order valence-corrected chi connectivity index (χ1v) is 27.2. The number of nitrogens with zero attached hydrogens (tertiary/aromatic N) is 2. The van der Waals surface area contributed by atoms with E-state index < -0.39 is 0 Å². The van der Waals surface area contributed by atoms with Crippen molar-refractivity contribution in [2.24, 2.45) is 0 Å². The number of benzene rings is 11. The smallest absolute Gasteiger partial charge is 0.252 e. The van der Waals surface area contributed by atoms with Crippen molar-refractivity contribution in [2.45, 2.75) is 52.4 Å². The molecule has 11 aromatic rings. The third-order valence-corrected chi connectivity index (χ3v) is 15.8. The molecule has 0 N–H and O–H groups in total. The van der Waals surface area contributed by atoms with Gasteiger partial charge in [0.2, 0.25) is 0 Å². The number of hydrogen-bond acceptors (Lipinski definition) is 2. The van der Waals surface area contributed by atoms with Gasteiger partial charge in [-0.1, -0.05) is 242 Å². The van der Waals surface area contributed by atoms with Crippen LogP contribution >= 0.6 is 0 Å². The van der Waals surface area contributed by atoms with E-state index in [1.165, 1.54) is 117 Å². The number of hydrogen-bond donors (Lipinski definition) is 0. The Bertz CT molecular complexity index is 3600. The van der Waals surface area contributed by atoms with Crippen LogP contribution in [0.5, 0.6) is 0 Å². The van der Waals surface area contributed by atoms with Crippen LogP contribution in [0.4, 0.5) is 34.1 Å². The van der Waals surface area contributed by atoms with Crippen LogP contribution in [0.2, 0.25) is 0 Å². The van der Waals surface area contributed by atoms with E-state index in [0.29, 0.717) is 0 Å². The molecule has 0 fully saturated rings. The largest absolute Gasteiger partial charge is 0.311 e. The molecule has 77 heavy (non-hydrogen) atoms. The Morgan fingerprint density at radius 1 is 0.260 bits per heavy atom. The summed E-state index contributed by atoms with van der Waals surface area (Å²) < 4.78 is 0. The number of anilines is 6. The van der Waals surface area contributed by atoms with Gasteiger partial charge in [-0.25, -0.2) is 0 Å². The molecule has 0 radical (unpaired) electrons. The van der Waals surface area contributed by atoms with Crippen LogP contribution in [-0.4, -0.2) is 6.71 Å². The Labute approximate surface area is 455 Å². The van der Waals surface area contributed by atoms with Gasteiger partial charge in [0.05, 0.1) is 0 Å². The maximum absolute atomic E-state index is 2.61. The maximum atomic E-state index is 2.61. The molecule has 0 atom stereocenters. The molecule has 0 saturated heterocycles. The second-order valence-corrected chi connectivity index (χ2v) is 23.0. The predicted octanol–water partition coefficient (Wildman–Crippen LogP) is 18.4. The minimum atomic E-state index is -0.182. The van der Waals surface area contributed by atoms with E-state index in [0.717, 1.165) is 11.4 Å². The first-order chi connectivity index (χ1) is 37.5. The van der Waals surface area contributed by atoms with Gasteiger partial charge in [-0.3, -0.25) is 0 Å². The zero-order valence-electron chi connectivity index (χ0n) is 44.8. The van der Waals surface area contributed by atoms with Crippen molar-refractivity contribution in [1.29, 1.82) is 0 Å². The molecule has 370 valence electrons. The molecule has 0 bridgehead atoms. The number of rotatable bonds is 8. The average Bonchev–Trinajstić information content (AvgIpc) is 3.66. The third-order valence-electron chi connectivity index (χ3n) is 15.8. The molecular formula is C74H61BN2. The van der Waals surface area contributed by atoms with Crippen molar-refractivity contribution in [3.8, 4) is 66.8 Å². The van der Waals surface area contributed by atoms with Crippen LogP contribution < -0.4 is 26.2 Å². The zero-order chi connectivity index (χ0) is 52.4. The van der Waals surface area contributed by atoms with Crippen molar-refractivity contribution in [1.82, 2.24) is 0 Å². The van der Waals surface area contributed by atoms with Crippen LogP contribution in [0.3, 0.4) is 0 Å². The van der Waals surface area contributed by atoms with Gasteiger partial charge in [-0.2, -0.15) is 0 Å². The van der Waals surface area contributed by atoms with Crippen molar-refractivity contribution in [3.05, 3.63) is 272 Å². The standard InChI is InChI=1S/C74H61BN2/c1-73(2,3)64-48-70-66(46-62(64)54-34-21-11-22-35-54)75-67-47-63(55-36-23-12-24-37-55)65(74(4,5)6)49-71(67)77(61-44-58(52-30-17-9-18-31-52)41-59(45-61)53-32-19-10-20-33-53)69-39-25-38-68(72(69)75)76(70)60-42-56(50-26-13-7-14-27-50)40-57(43-60)51-28-15-8-16-29-51/h7-49H,1-6H3. The highest BCUT2D eigenvalue weighted by Crippen LogP contribution is 2.50. The van der Waals surface area contributed by atoms with Gasteiger partial charge in [0.25, 0.3) is 6.71 Å². The monoisotopic (exact) mass is 988 g/mol. The summed E-state index contributed by atoms with van der Waals surface area (Å²) in [4.78, 5) is 5.21. The summed E-state index contributed by atoms with van der Waals surface area (Å²) >= 11 is 0. The molecule has 2 nitrogen and oxygen atoms in total. The predicted molar refractivity (Wildman–Crippen MR) is 330 cm³/mol. The van der Waals surface area contributed by atoms with Gasteiger partial charge in [0, 0.05) is 34.1 Å². The van der Waals surface area contributed by atoms with Crippen LogP contribution in [0, 0.1) is 0 Å². The molecule has 0 saturated carbocycles. The molecule has 2 aliphatic heterocycles. The van der Waals surface area contributed by atoms with E-state index >= 15 is 0 Å². The lowest BCUT2D eigenvalue weighted by molar-refractivity contribution is 0.592.